The summed E-state index contributed by atoms with van der Waals surface area (Å²) in [5.41, 5.74) is 2.29. The fourth-order valence-electron chi connectivity index (χ4n) is 2.38. The van der Waals surface area contributed by atoms with E-state index in [0.29, 0.717) is 24.7 Å². The van der Waals surface area contributed by atoms with Crippen LogP contribution in [0.5, 0.6) is 0 Å². The van der Waals surface area contributed by atoms with E-state index < -0.39 is 0 Å². The van der Waals surface area contributed by atoms with E-state index in [9.17, 15) is 4.79 Å². The summed E-state index contributed by atoms with van der Waals surface area (Å²) in [5.74, 6) is 0.0447. The molecule has 0 spiro atoms. The molecular weight excluding hydrogens is 274 g/mol. The van der Waals surface area contributed by atoms with Crippen molar-refractivity contribution in [2.45, 2.75) is 6.04 Å². The number of nitrogens with zero attached hydrogens (tertiary/aromatic N) is 5. The molecule has 1 saturated heterocycles. The van der Waals surface area contributed by atoms with Crippen molar-refractivity contribution in [1.29, 1.82) is 0 Å². The first-order valence-corrected chi connectivity index (χ1v) is 7.05. The van der Waals surface area contributed by atoms with Gasteiger partial charge in [-0.1, -0.05) is 0 Å². The van der Waals surface area contributed by atoms with E-state index in [4.69, 9.17) is 0 Å². The summed E-state index contributed by atoms with van der Waals surface area (Å²) >= 11 is 1.16. The molecule has 4 rings (SSSR count). The molecule has 1 aliphatic heterocycles. The van der Waals surface area contributed by atoms with E-state index in [1.165, 1.54) is 0 Å². The van der Waals surface area contributed by atoms with Gasteiger partial charge in [0.2, 0.25) is 0 Å². The summed E-state index contributed by atoms with van der Waals surface area (Å²) in [6.07, 6.45) is 3.69. The van der Waals surface area contributed by atoms with Gasteiger partial charge in [0, 0.05) is 31.0 Å². The van der Waals surface area contributed by atoms with E-state index in [0.717, 1.165) is 22.8 Å². The predicted molar refractivity (Wildman–Crippen MR) is 74.6 cm³/mol. The second-order valence-electron chi connectivity index (χ2n) is 4.82. The summed E-state index contributed by atoms with van der Waals surface area (Å²) in [6.45, 7) is 1.40. The Kier molecular flexibility index (Phi) is 2.53. The van der Waals surface area contributed by atoms with Crippen LogP contribution in [-0.2, 0) is 0 Å². The number of hydrogen-bond donors (Lipinski definition) is 0. The maximum absolute atomic E-state index is 12.4. The Balaban J connectivity index is 1.51. The van der Waals surface area contributed by atoms with E-state index in [1.807, 2.05) is 40.0 Å². The summed E-state index contributed by atoms with van der Waals surface area (Å²) < 4.78 is 10.2. The van der Waals surface area contributed by atoms with Crippen LogP contribution in [-0.4, -0.2) is 42.4 Å². The number of likely N-dealkylation sites (tertiary alicyclic amines) is 1. The van der Waals surface area contributed by atoms with Crippen LogP contribution in [0.1, 0.15) is 16.4 Å². The lowest BCUT2D eigenvalue weighted by Gasteiger charge is -2.39. The molecule has 6 nitrogen and oxygen atoms in total. The normalized spacial score (nSPS) is 15.5. The van der Waals surface area contributed by atoms with E-state index >= 15 is 0 Å². The maximum Gasteiger partial charge on any atom is 0.254 e. The van der Waals surface area contributed by atoms with Crippen LogP contribution in [0.4, 0.5) is 0 Å². The molecule has 2 aromatic heterocycles. The van der Waals surface area contributed by atoms with Crippen molar-refractivity contribution in [1.82, 2.24) is 23.4 Å². The SMILES string of the molecule is O=C(c1ccc2nsnc2c1)N1CC(n2cccn2)C1. The van der Waals surface area contributed by atoms with Gasteiger partial charge in [-0.15, -0.1) is 0 Å². The van der Waals surface area contributed by atoms with Gasteiger partial charge in [-0.3, -0.25) is 9.48 Å². The first-order chi connectivity index (χ1) is 9.81. The maximum atomic E-state index is 12.4. The Morgan fingerprint density at radius 1 is 1.25 bits per heavy atom. The molecule has 7 heteroatoms. The van der Waals surface area contributed by atoms with Crippen molar-refractivity contribution in [3.63, 3.8) is 0 Å². The van der Waals surface area contributed by atoms with Gasteiger partial charge in [-0.2, -0.15) is 13.8 Å². The number of benzene rings is 1. The number of amides is 1. The number of rotatable bonds is 2. The van der Waals surface area contributed by atoms with Crippen molar-refractivity contribution in [2.75, 3.05) is 13.1 Å². The zero-order chi connectivity index (χ0) is 13.5. The van der Waals surface area contributed by atoms with Gasteiger partial charge in [-0.05, 0) is 24.3 Å². The van der Waals surface area contributed by atoms with Gasteiger partial charge in [0.15, 0.2) is 0 Å². The average molecular weight is 285 g/mol. The fourth-order valence-corrected chi connectivity index (χ4v) is 2.90. The van der Waals surface area contributed by atoms with Gasteiger partial charge >= 0.3 is 0 Å². The topological polar surface area (TPSA) is 63.9 Å². The van der Waals surface area contributed by atoms with Gasteiger partial charge in [0.05, 0.1) is 17.8 Å². The standard InChI is InChI=1S/C13H11N5OS/c19-13(9-2-3-11-12(6-9)16-20-15-11)17-7-10(8-17)18-5-1-4-14-18/h1-6,10H,7-8H2. The first-order valence-electron chi connectivity index (χ1n) is 6.32. The molecule has 1 aromatic carbocycles. The van der Waals surface area contributed by atoms with Crippen molar-refractivity contribution in [3.8, 4) is 0 Å². The number of aromatic nitrogens is 4. The largest absolute Gasteiger partial charge is 0.334 e. The molecule has 3 aromatic rings. The van der Waals surface area contributed by atoms with Crippen LogP contribution >= 0.6 is 11.7 Å². The second kappa shape index (κ2) is 4.38. The lowest BCUT2D eigenvalue weighted by Crippen LogP contribution is -2.50. The van der Waals surface area contributed by atoms with E-state index in [2.05, 4.69) is 13.8 Å². The zero-order valence-corrected chi connectivity index (χ0v) is 11.3. The molecule has 0 unspecified atom stereocenters. The molecule has 3 heterocycles. The Morgan fingerprint density at radius 3 is 2.90 bits per heavy atom. The predicted octanol–water partition coefficient (Wildman–Crippen LogP) is 1.58. The van der Waals surface area contributed by atoms with Crippen LogP contribution in [0.2, 0.25) is 0 Å². The van der Waals surface area contributed by atoms with E-state index in [-0.39, 0.29) is 5.91 Å². The fraction of sp³-hybridized carbons (Fsp3) is 0.231. The monoisotopic (exact) mass is 285 g/mol. The Bertz CT molecular complexity index is 760. The van der Waals surface area contributed by atoms with Gasteiger partial charge in [-0.25, -0.2) is 0 Å². The molecule has 1 amide bonds. The van der Waals surface area contributed by atoms with E-state index in [1.54, 1.807) is 6.20 Å². The van der Waals surface area contributed by atoms with Crippen LogP contribution in [0.3, 0.4) is 0 Å². The molecule has 0 radical (unpaired) electrons. The molecule has 20 heavy (non-hydrogen) atoms. The molecule has 1 fully saturated rings. The molecule has 0 N–H and O–H groups in total. The van der Waals surface area contributed by atoms with Crippen LogP contribution in [0, 0.1) is 0 Å². The minimum Gasteiger partial charge on any atom is -0.334 e. The number of fused-ring (bicyclic) bond motifs is 1. The summed E-state index contributed by atoms with van der Waals surface area (Å²) in [4.78, 5) is 14.2. The summed E-state index contributed by atoms with van der Waals surface area (Å²) in [5, 5.41) is 4.20. The van der Waals surface area contributed by atoms with Crippen LogP contribution < -0.4 is 0 Å². The smallest absolute Gasteiger partial charge is 0.254 e. The van der Waals surface area contributed by atoms with Gasteiger partial charge < -0.3 is 4.90 Å². The molecule has 1 aliphatic rings. The number of carbonyl (C=O) groups excluding carboxylic acids is 1. The first kappa shape index (κ1) is 11.5. The summed E-state index contributed by atoms with van der Waals surface area (Å²) in [6, 6.07) is 7.65. The molecule has 0 aliphatic carbocycles. The lowest BCUT2D eigenvalue weighted by molar-refractivity contribution is 0.0502. The Morgan fingerprint density at radius 2 is 2.10 bits per heavy atom. The lowest BCUT2D eigenvalue weighted by atomic mass is 10.1. The van der Waals surface area contributed by atoms with Crippen molar-refractivity contribution < 1.29 is 4.79 Å². The Hall–Kier alpha value is -2.28. The minimum absolute atomic E-state index is 0.0447. The third kappa shape index (κ3) is 1.78. The molecule has 0 saturated carbocycles. The zero-order valence-electron chi connectivity index (χ0n) is 10.5. The van der Waals surface area contributed by atoms with Crippen LogP contribution in [0.25, 0.3) is 11.0 Å². The van der Waals surface area contributed by atoms with Crippen molar-refractivity contribution in [2.24, 2.45) is 0 Å². The van der Waals surface area contributed by atoms with Crippen LogP contribution in [0.15, 0.2) is 36.7 Å². The summed E-state index contributed by atoms with van der Waals surface area (Å²) in [7, 11) is 0. The highest BCUT2D eigenvalue weighted by atomic mass is 32.1. The third-order valence-electron chi connectivity index (χ3n) is 3.55. The number of carbonyl (C=O) groups is 1. The minimum atomic E-state index is 0.0447. The van der Waals surface area contributed by atoms with Crippen molar-refractivity contribution >= 4 is 28.7 Å². The second-order valence-corrected chi connectivity index (χ2v) is 5.35. The molecule has 100 valence electrons. The highest BCUT2D eigenvalue weighted by Gasteiger charge is 2.32. The average Bonchev–Trinajstić information content (AvgIpc) is 3.06. The van der Waals surface area contributed by atoms with Gasteiger partial charge in [0.1, 0.15) is 11.0 Å². The Labute approximate surface area is 119 Å². The highest BCUT2D eigenvalue weighted by molar-refractivity contribution is 7.00. The van der Waals surface area contributed by atoms with Crippen molar-refractivity contribution in [3.05, 3.63) is 42.2 Å². The highest BCUT2D eigenvalue weighted by Crippen LogP contribution is 2.23. The molecule has 0 bridgehead atoms. The number of hydrogen-bond acceptors (Lipinski definition) is 5. The molecule has 0 atom stereocenters. The molecular formula is C13H11N5OS. The third-order valence-corrected chi connectivity index (χ3v) is 4.11. The van der Waals surface area contributed by atoms with Gasteiger partial charge in [0.25, 0.3) is 5.91 Å². The quantitative estimate of drug-likeness (QED) is 0.717.